The lowest BCUT2D eigenvalue weighted by Crippen LogP contribution is -2.39. The first-order chi connectivity index (χ1) is 7.47. The number of hydrogen-bond donors (Lipinski definition) is 1. The van der Waals surface area contributed by atoms with Crippen LogP contribution in [0.4, 0.5) is 0 Å². The summed E-state index contributed by atoms with van der Waals surface area (Å²) in [6, 6.07) is 0. The Labute approximate surface area is 105 Å². The van der Waals surface area contributed by atoms with Gasteiger partial charge in [0, 0.05) is 30.9 Å². The van der Waals surface area contributed by atoms with Crippen LogP contribution in [0.1, 0.15) is 27.2 Å². The van der Waals surface area contributed by atoms with Crippen LogP contribution < -0.4 is 5.32 Å². The molecule has 1 N–H and O–H groups in total. The van der Waals surface area contributed by atoms with Crippen LogP contribution in [-0.2, 0) is 0 Å². The van der Waals surface area contributed by atoms with Gasteiger partial charge in [-0.2, -0.15) is 11.8 Å². The molecule has 0 saturated carbocycles. The predicted octanol–water partition coefficient (Wildman–Crippen LogP) is 2.37. The fourth-order valence-electron chi connectivity index (χ4n) is 1.72. The van der Waals surface area contributed by atoms with Crippen LogP contribution in [0, 0.1) is 0 Å². The molecule has 0 aliphatic carbocycles. The fourth-order valence-corrected chi connectivity index (χ4v) is 2.64. The Hall–Kier alpha value is 0.0100. The highest BCUT2D eigenvalue weighted by Crippen LogP contribution is 2.11. The minimum Gasteiger partial charge on any atom is -0.308 e. The molecule has 0 bridgehead atoms. The van der Waals surface area contributed by atoms with Crippen molar-refractivity contribution in [2.24, 2.45) is 0 Å². The van der Waals surface area contributed by atoms with Gasteiger partial charge < -0.3 is 5.32 Å². The smallest absolute Gasteiger partial charge is 0.0203 e. The molecule has 2 nitrogen and oxygen atoms in total. The molecular formula is C13H26N2S. The number of nitrogens with one attached hydrogen (secondary N) is 1. The highest BCUT2D eigenvalue weighted by atomic mass is 32.2. The fraction of sp³-hybridized carbons (Fsp3) is 0.846. The van der Waals surface area contributed by atoms with E-state index >= 15 is 0 Å². The minimum absolute atomic E-state index is 0.192. The van der Waals surface area contributed by atoms with Crippen molar-refractivity contribution in [2.45, 2.75) is 32.7 Å². The van der Waals surface area contributed by atoms with Gasteiger partial charge in [0.2, 0.25) is 0 Å². The van der Waals surface area contributed by atoms with Gasteiger partial charge in [0.05, 0.1) is 0 Å². The van der Waals surface area contributed by atoms with Crippen molar-refractivity contribution in [2.75, 3.05) is 37.7 Å². The molecule has 0 atom stereocenters. The van der Waals surface area contributed by atoms with Crippen molar-refractivity contribution in [3.63, 3.8) is 0 Å². The van der Waals surface area contributed by atoms with Crippen LogP contribution in [-0.4, -0.2) is 48.1 Å². The summed E-state index contributed by atoms with van der Waals surface area (Å²) in [5, 5.41) is 3.50. The van der Waals surface area contributed by atoms with Crippen LogP contribution in [0.2, 0.25) is 0 Å². The van der Waals surface area contributed by atoms with Gasteiger partial charge in [0.1, 0.15) is 0 Å². The standard InChI is InChI=1S/C13H26N2S/c1-12(10-14-13(2,3)4)11-15-6-5-8-16-9-7-15/h14H,1,5-11H2,2-4H3. The predicted molar refractivity (Wildman–Crippen MR) is 75.3 cm³/mol. The first-order valence-electron chi connectivity index (χ1n) is 6.19. The second-order valence-corrected chi connectivity index (χ2v) is 6.82. The Kier molecular flexibility index (Phi) is 5.87. The summed E-state index contributed by atoms with van der Waals surface area (Å²) in [5.41, 5.74) is 1.50. The summed E-state index contributed by atoms with van der Waals surface area (Å²) >= 11 is 2.08. The molecule has 1 saturated heterocycles. The van der Waals surface area contributed by atoms with Crippen molar-refractivity contribution in [1.29, 1.82) is 0 Å². The van der Waals surface area contributed by atoms with Crippen molar-refractivity contribution in [3.05, 3.63) is 12.2 Å². The van der Waals surface area contributed by atoms with Crippen molar-refractivity contribution in [1.82, 2.24) is 10.2 Å². The van der Waals surface area contributed by atoms with Crippen LogP contribution in [0.3, 0.4) is 0 Å². The molecule has 1 fully saturated rings. The highest BCUT2D eigenvalue weighted by Gasteiger charge is 2.12. The molecule has 0 radical (unpaired) electrons. The van der Waals surface area contributed by atoms with Crippen LogP contribution >= 0.6 is 11.8 Å². The van der Waals surface area contributed by atoms with E-state index in [4.69, 9.17) is 0 Å². The van der Waals surface area contributed by atoms with Gasteiger partial charge in [0.15, 0.2) is 0 Å². The van der Waals surface area contributed by atoms with E-state index in [1.807, 2.05) is 0 Å². The summed E-state index contributed by atoms with van der Waals surface area (Å²) in [5.74, 6) is 2.60. The zero-order valence-electron chi connectivity index (χ0n) is 11.0. The van der Waals surface area contributed by atoms with Crippen LogP contribution in [0.15, 0.2) is 12.2 Å². The normalized spacial score (nSPS) is 19.4. The Morgan fingerprint density at radius 1 is 1.31 bits per heavy atom. The third-order valence-corrected chi connectivity index (χ3v) is 3.68. The average Bonchev–Trinajstić information content (AvgIpc) is 2.42. The maximum absolute atomic E-state index is 4.17. The van der Waals surface area contributed by atoms with E-state index in [1.54, 1.807) is 0 Å². The number of thioether (sulfide) groups is 1. The van der Waals surface area contributed by atoms with Gasteiger partial charge >= 0.3 is 0 Å². The summed E-state index contributed by atoms with van der Waals surface area (Å²) in [6.07, 6.45) is 1.32. The van der Waals surface area contributed by atoms with Crippen molar-refractivity contribution in [3.8, 4) is 0 Å². The van der Waals surface area contributed by atoms with Gasteiger partial charge in [-0.3, -0.25) is 4.90 Å². The molecular weight excluding hydrogens is 216 g/mol. The first-order valence-corrected chi connectivity index (χ1v) is 7.34. The second kappa shape index (κ2) is 6.67. The molecule has 0 aromatic heterocycles. The Morgan fingerprint density at radius 3 is 2.75 bits per heavy atom. The van der Waals surface area contributed by atoms with Gasteiger partial charge in [0.25, 0.3) is 0 Å². The Morgan fingerprint density at radius 2 is 2.06 bits per heavy atom. The molecule has 1 heterocycles. The summed E-state index contributed by atoms with van der Waals surface area (Å²) < 4.78 is 0. The summed E-state index contributed by atoms with van der Waals surface area (Å²) in [4.78, 5) is 2.53. The van der Waals surface area contributed by atoms with E-state index in [2.05, 4.69) is 49.3 Å². The van der Waals surface area contributed by atoms with Crippen LogP contribution in [0.5, 0.6) is 0 Å². The molecule has 1 aliphatic heterocycles. The molecule has 0 spiro atoms. The first kappa shape index (κ1) is 14.1. The van der Waals surface area contributed by atoms with E-state index in [0.29, 0.717) is 0 Å². The SMILES string of the molecule is C=C(CNC(C)(C)C)CN1CCCSCC1. The third-order valence-electron chi connectivity index (χ3n) is 2.63. The van der Waals surface area contributed by atoms with E-state index in [9.17, 15) is 0 Å². The summed E-state index contributed by atoms with van der Waals surface area (Å²) in [6.45, 7) is 15.2. The Bertz CT molecular complexity index is 212. The van der Waals surface area contributed by atoms with Gasteiger partial charge in [-0.15, -0.1) is 0 Å². The van der Waals surface area contributed by atoms with Gasteiger partial charge in [-0.25, -0.2) is 0 Å². The molecule has 0 aromatic carbocycles. The lowest BCUT2D eigenvalue weighted by Gasteiger charge is -2.24. The minimum atomic E-state index is 0.192. The Balaban J connectivity index is 2.22. The van der Waals surface area contributed by atoms with E-state index < -0.39 is 0 Å². The zero-order valence-corrected chi connectivity index (χ0v) is 11.8. The van der Waals surface area contributed by atoms with Crippen molar-refractivity contribution >= 4 is 11.8 Å². The summed E-state index contributed by atoms with van der Waals surface area (Å²) in [7, 11) is 0. The van der Waals surface area contributed by atoms with Crippen molar-refractivity contribution < 1.29 is 0 Å². The molecule has 0 aromatic rings. The van der Waals surface area contributed by atoms with Gasteiger partial charge in [-0.05, 0) is 45.1 Å². The number of hydrogen-bond acceptors (Lipinski definition) is 3. The maximum Gasteiger partial charge on any atom is 0.0203 e. The molecule has 0 unspecified atom stereocenters. The van der Waals surface area contributed by atoms with E-state index in [1.165, 1.54) is 36.6 Å². The third kappa shape index (κ3) is 6.56. The molecule has 3 heteroatoms. The molecule has 0 amide bonds. The maximum atomic E-state index is 4.17. The molecule has 1 rings (SSSR count). The number of rotatable bonds is 4. The highest BCUT2D eigenvalue weighted by molar-refractivity contribution is 7.99. The molecule has 94 valence electrons. The topological polar surface area (TPSA) is 15.3 Å². The molecule has 16 heavy (non-hydrogen) atoms. The lowest BCUT2D eigenvalue weighted by atomic mass is 10.1. The van der Waals surface area contributed by atoms with E-state index in [-0.39, 0.29) is 5.54 Å². The average molecular weight is 242 g/mol. The molecule has 1 aliphatic rings. The quantitative estimate of drug-likeness (QED) is 0.762. The van der Waals surface area contributed by atoms with Crippen LogP contribution in [0.25, 0.3) is 0 Å². The largest absolute Gasteiger partial charge is 0.308 e. The second-order valence-electron chi connectivity index (χ2n) is 5.60. The monoisotopic (exact) mass is 242 g/mol. The zero-order chi connectivity index (χ0) is 12.0. The van der Waals surface area contributed by atoms with E-state index in [0.717, 1.165) is 13.1 Å². The number of nitrogens with zero attached hydrogens (tertiary/aromatic N) is 1. The van der Waals surface area contributed by atoms with Gasteiger partial charge in [-0.1, -0.05) is 6.58 Å². The lowest BCUT2D eigenvalue weighted by molar-refractivity contribution is 0.315.